The zero-order valence-electron chi connectivity index (χ0n) is 23.8. The van der Waals surface area contributed by atoms with Gasteiger partial charge in [-0.1, -0.05) is 30.3 Å². The second-order valence-electron chi connectivity index (χ2n) is 12.2. The fourth-order valence-electron chi connectivity index (χ4n) is 5.50. The molecule has 0 spiro atoms. The third-order valence-electron chi connectivity index (χ3n) is 7.02. The van der Waals surface area contributed by atoms with Crippen LogP contribution in [0.25, 0.3) is 10.9 Å². The number of carbonyl (C=O) groups excluding carboxylic acids is 4. The van der Waals surface area contributed by atoms with Gasteiger partial charge >= 0.3 is 12.2 Å². The van der Waals surface area contributed by atoms with Crippen molar-refractivity contribution in [3.63, 3.8) is 0 Å². The lowest BCUT2D eigenvalue weighted by Gasteiger charge is -2.38. The summed E-state index contributed by atoms with van der Waals surface area (Å²) < 4.78 is 13.1. The van der Waals surface area contributed by atoms with Crippen molar-refractivity contribution >= 4 is 34.9 Å². The molecule has 1 atom stereocenters. The van der Waals surface area contributed by atoms with E-state index in [1.165, 1.54) is 4.90 Å². The highest BCUT2D eigenvalue weighted by Gasteiger charge is 2.41. The summed E-state index contributed by atoms with van der Waals surface area (Å²) in [4.78, 5) is 56.2. The van der Waals surface area contributed by atoms with Crippen molar-refractivity contribution in [3.8, 4) is 0 Å². The number of amides is 3. The van der Waals surface area contributed by atoms with E-state index in [0.717, 1.165) is 10.9 Å². The van der Waals surface area contributed by atoms with Crippen molar-refractivity contribution in [3.05, 3.63) is 70.9 Å². The Kier molecular flexibility index (Phi) is 6.72. The number of para-hydroxylation sites is 1. The van der Waals surface area contributed by atoms with Gasteiger partial charge in [0.15, 0.2) is 0 Å². The first kappa shape index (κ1) is 27.4. The average Bonchev–Trinajstić information content (AvgIpc) is 3.33. The summed E-state index contributed by atoms with van der Waals surface area (Å²) in [5, 5.41) is 0.901. The number of fused-ring (bicyclic) bond motifs is 4. The molecule has 3 amide bonds. The molecule has 5 rings (SSSR count). The summed E-state index contributed by atoms with van der Waals surface area (Å²) in [5.74, 6) is -0.735. The van der Waals surface area contributed by atoms with Gasteiger partial charge < -0.3 is 9.47 Å². The molecular formula is C31H35N3O6. The lowest BCUT2D eigenvalue weighted by Crippen LogP contribution is -2.45. The van der Waals surface area contributed by atoms with Crippen molar-refractivity contribution in [2.45, 2.75) is 71.6 Å². The van der Waals surface area contributed by atoms with Crippen LogP contribution in [-0.4, -0.2) is 62.7 Å². The molecule has 0 saturated heterocycles. The van der Waals surface area contributed by atoms with E-state index in [-0.39, 0.29) is 24.8 Å². The van der Waals surface area contributed by atoms with Crippen LogP contribution in [-0.2, 0) is 15.9 Å². The maximum atomic E-state index is 13.7. The van der Waals surface area contributed by atoms with Crippen molar-refractivity contribution in [1.82, 2.24) is 14.4 Å². The molecule has 9 nitrogen and oxygen atoms in total. The van der Waals surface area contributed by atoms with Gasteiger partial charge in [0, 0.05) is 18.5 Å². The van der Waals surface area contributed by atoms with Crippen LogP contribution in [0.5, 0.6) is 0 Å². The fraction of sp³-hybridized carbons (Fsp3) is 0.419. The predicted octanol–water partition coefficient (Wildman–Crippen LogP) is 5.95. The van der Waals surface area contributed by atoms with E-state index in [2.05, 4.69) is 0 Å². The smallest absolute Gasteiger partial charge is 0.419 e. The van der Waals surface area contributed by atoms with E-state index in [0.29, 0.717) is 35.3 Å². The average molecular weight is 546 g/mol. The number of aromatic nitrogens is 1. The molecule has 1 aromatic heterocycles. The first-order chi connectivity index (χ1) is 18.8. The number of rotatable bonds is 3. The van der Waals surface area contributed by atoms with Crippen LogP contribution in [0.3, 0.4) is 0 Å². The van der Waals surface area contributed by atoms with Crippen LogP contribution >= 0.6 is 0 Å². The molecule has 3 aromatic rings. The Labute approximate surface area is 233 Å². The monoisotopic (exact) mass is 545 g/mol. The van der Waals surface area contributed by atoms with E-state index in [1.807, 2.05) is 24.3 Å². The number of hydrogen-bond acceptors (Lipinski definition) is 6. The van der Waals surface area contributed by atoms with Crippen LogP contribution in [0.2, 0.25) is 0 Å². The molecule has 0 unspecified atom stereocenters. The minimum Gasteiger partial charge on any atom is -0.444 e. The zero-order valence-corrected chi connectivity index (χ0v) is 23.8. The Balaban J connectivity index is 1.59. The number of nitrogens with zero attached hydrogens (tertiary/aromatic N) is 3. The Morgan fingerprint density at radius 1 is 0.825 bits per heavy atom. The number of benzene rings is 2. The summed E-state index contributed by atoms with van der Waals surface area (Å²) in [6.45, 7) is 11.2. The highest BCUT2D eigenvalue weighted by molar-refractivity contribution is 6.21. The van der Waals surface area contributed by atoms with Gasteiger partial charge in [-0.3, -0.25) is 19.4 Å². The molecule has 0 bridgehead atoms. The highest BCUT2D eigenvalue weighted by atomic mass is 16.6. The molecule has 2 aliphatic heterocycles. The second-order valence-corrected chi connectivity index (χ2v) is 12.2. The molecular weight excluding hydrogens is 510 g/mol. The Hall–Kier alpha value is -4.14. The normalized spacial score (nSPS) is 17.2. The van der Waals surface area contributed by atoms with Gasteiger partial charge in [0.05, 0.1) is 28.4 Å². The molecule has 2 aromatic carbocycles. The molecule has 9 heteroatoms. The molecule has 0 aliphatic carbocycles. The van der Waals surface area contributed by atoms with Crippen LogP contribution in [0, 0.1) is 0 Å². The second kappa shape index (κ2) is 9.80. The molecule has 3 heterocycles. The number of ether oxygens (including phenoxy) is 2. The summed E-state index contributed by atoms with van der Waals surface area (Å²) in [5.41, 5.74) is 1.48. The summed E-state index contributed by atoms with van der Waals surface area (Å²) in [6, 6.07) is 13.7. The van der Waals surface area contributed by atoms with Gasteiger partial charge in [-0.25, -0.2) is 14.2 Å². The molecule has 0 N–H and O–H groups in total. The van der Waals surface area contributed by atoms with E-state index in [1.54, 1.807) is 75.3 Å². The van der Waals surface area contributed by atoms with E-state index in [4.69, 9.17) is 9.47 Å². The van der Waals surface area contributed by atoms with Crippen molar-refractivity contribution in [2.24, 2.45) is 0 Å². The standard InChI is InChI=1S/C31H35N3O6/c1-30(2,3)39-28(37)32-17-15-20-19-11-9-10-14-23(19)34(29(38)40-31(4,5)6)25(20)24(32)16-18-33-26(35)21-12-7-8-13-22(21)27(33)36/h7-14,24H,15-18H2,1-6H3/t24-/m1/s1. The van der Waals surface area contributed by atoms with Gasteiger partial charge in [-0.05, 0) is 78.1 Å². The molecule has 40 heavy (non-hydrogen) atoms. The highest BCUT2D eigenvalue weighted by Crippen LogP contribution is 2.40. The Bertz CT molecular complexity index is 1490. The van der Waals surface area contributed by atoms with Gasteiger partial charge in [0.2, 0.25) is 0 Å². The van der Waals surface area contributed by atoms with Gasteiger partial charge in [-0.15, -0.1) is 0 Å². The number of carbonyl (C=O) groups is 4. The lowest BCUT2D eigenvalue weighted by molar-refractivity contribution is 0.0109. The Morgan fingerprint density at radius 3 is 1.98 bits per heavy atom. The third-order valence-corrected chi connectivity index (χ3v) is 7.02. The van der Waals surface area contributed by atoms with Gasteiger partial charge in [0.1, 0.15) is 11.2 Å². The van der Waals surface area contributed by atoms with E-state index in [9.17, 15) is 19.2 Å². The largest absolute Gasteiger partial charge is 0.444 e. The molecule has 2 aliphatic rings. The maximum Gasteiger partial charge on any atom is 0.419 e. The minimum atomic E-state index is -0.746. The summed E-state index contributed by atoms with van der Waals surface area (Å²) in [7, 11) is 0. The maximum absolute atomic E-state index is 13.7. The first-order valence-electron chi connectivity index (χ1n) is 13.6. The third kappa shape index (κ3) is 4.96. The van der Waals surface area contributed by atoms with Crippen molar-refractivity contribution in [1.29, 1.82) is 0 Å². The van der Waals surface area contributed by atoms with Crippen molar-refractivity contribution < 1.29 is 28.7 Å². The zero-order chi connectivity index (χ0) is 29.0. The van der Waals surface area contributed by atoms with Gasteiger partial charge in [-0.2, -0.15) is 0 Å². The molecule has 0 fully saturated rings. The van der Waals surface area contributed by atoms with Gasteiger partial charge in [0.25, 0.3) is 11.8 Å². The van der Waals surface area contributed by atoms with Crippen LogP contribution in [0.1, 0.15) is 86.0 Å². The minimum absolute atomic E-state index is 0.0611. The predicted molar refractivity (Wildman–Crippen MR) is 149 cm³/mol. The first-order valence-corrected chi connectivity index (χ1v) is 13.6. The van der Waals surface area contributed by atoms with Crippen LogP contribution < -0.4 is 0 Å². The molecule has 210 valence electrons. The topological polar surface area (TPSA) is 98.1 Å². The van der Waals surface area contributed by atoms with Crippen LogP contribution in [0.4, 0.5) is 9.59 Å². The summed E-state index contributed by atoms with van der Waals surface area (Å²) in [6.07, 6.45) is -0.348. The summed E-state index contributed by atoms with van der Waals surface area (Å²) >= 11 is 0. The van der Waals surface area contributed by atoms with Crippen LogP contribution in [0.15, 0.2) is 48.5 Å². The molecule has 0 saturated carbocycles. The van der Waals surface area contributed by atoms with E-state index < -0.39 is 29.4 Å². The van der Waals surface area contributed by atoms with E-state index >= 15 is 0 Å². The quantitative estimate of drug-likeness (QED) is 0.378. The SMILES string of the molecule is CC(C)(C)OC(=O)N1CCc2c(n(C(=O)OC(C)(C)C)c3ccccc23)[C@H]1CCN1C(=O)c2ccccc2C1=O. The number of imide groups is 1. The molecule has 0 radical (unpaired) electrons. The lowest BCUT2D eigenvalue weighted by atomic mass is 9.95. The number of hydrogen-bond donors (Lipinski definition) is 0. The van der Waals surface area contributed by atoms with Crippen molar-refractivity contribution in [2.75, 3.05) is 13.1 Å². The fourth-order valence-corrected chi connectivity index (χ4v) is 5.50. The Morgan fingerprint density at radius 2 is 1.38 bits per heavy atom.